The lowest BCUT2D eigenvalue weighted by atomic mass is 10.1. The number of thiazole rings is 1. The summed E-state index contributed by atoms with van der Waals surface area (Å²) in [6.45, 7) is 1.08. The minimum absolute atomic E-state index is 0.00210. The molecule has 1 atom stereocenters. The lowest BCUT2D eigenvalue weighted by molar-refractivity contribution is 0.102. The summed E-state index contributed by atoms with van der Waals surface area (Å²) < 4.78 is 16.5. The second-order valence-corrected chi connectivity index (χ2v) is 8.39. The Balaban J connectivity index is 1.36. The molecule has 1 amide bonds. The van der Waals surface area contributed by atoms with Gasteiger partial charge in [-0.1, -0.05) is 6.07 Å². The van der Waals surface area contributed by atoms with E-state index in [1.54, 1.807) is 23.8 Å². The molecule has 0 radical (unpaired) electrons. The molecule has 0 aliphatic carbocycles. The molecule has 3 aromatic heterocycles. The topological polar surface area (TPSA) is 62.5 Å². The van der Waals surface area contributed by atoms with Gasteiger partial charge in [-0.05, 0) is 56.3 Å². The highest BCUT2D eigenvalue weighted by molar-refractivity contribution is 7.13. The molecule has 152 valence electrons. The zero-order chi connectivity index (χ0) is 20.7. The van der Waals surface area contributed by atoms with Gasteiger partial charge in [-0.3, -0.25) is 14.7 Å². The highest BCUT2D eigenvalue weighted by atomic mass is 32.1. The van der Waals surface area contributed by atoms with E-state index in [4.69, 9.17) is 4.98 Å². The maximum absolute atomic E-state index is 14.6. The van der Waals surface area contributed by atoms with Gasteiger partial charge >= 0.3 is 0 Å². The molecule has 1 aliphatic heterocycles. The summed E-state index contributed by atoms with van der Waals surface area (Å²) in [6, 6.07) is 8.57. The molecule has 1 N–H and O–H groups in total. The van der Waals surface area contributed by atoms with Crippen molar-refractivity contribution in [3.05, 3.63) is 71.5 Å². The van der Waals surface area contributed by atoms with E-state index in [9.17, 15) is 9.18 Å². The van der Waals surface area contributed by atoms with Crippen molar-refractivity contribution in [2.75, 3.05) is 18.9 Å². The van der Waals surface area contributed by atoms with Crippen molar-refractivity contribution in [3.8, 4) is 10.4 Å². The van der Waals surface area contributed by atoms with E-state index in [1.165, 1.54) is 29.9 Å². The molecular formula is C22H20FN5OS. The van der Waals surface area contributed by atoms with Gasteiger partial charge in [0, 0.05) is 18.6 Å². The van der Waals surface area contributed by atoms with Crippen LogP contribution in [0, 0.1) is 5.82 Å². The zero-order valence-electron chi connectivity index (χ0n) is 16.4. The Hall–Kier alpha value is -3.10. The first-order valence-corrected chi connectivity index (χ1v) is 10.6. The van der Waals surface area contributed by atoms with Gasteiger partial charge in [0.05, 0.1) is 33.4 Å². The van der Waals surface area contributed by atoms with Gasteiger partial charge in [-0.2, -0.15) is 0 Å². The van der Waals surface area contributed by atoms with Crippen LogP contribution < -0.4 is 5.32 Å². The minimum atomic E-state index is -0.561. The van der Waals surface area contributed by atoms with Crippen LogP contribution >= 0.6 is 11.3 Å². The third-order valence-corrected chi connectivity index (χ3v) is 6.34. The fraction of sp³-hybridized carbons (Fsp3) is 0.227. The molecular weight excluding hydrogens is 401 g/mol. The van der Waals surface area contributed by atoms with Crippen molar-refractivity contribution in [3.63, 3.8) is 0 Å². The van der Waals surface area contributed by atoms with Gasteiger partial charge in [-0.15, -0.1) is 11.3 Å². The number of rotatable bonds is 4. The first-order chi connectivity index (χ1) is 14.6. The molecule has 8 heteroatoms. The van der Waals surface area contributed by atoms with Crippen LogP contribution in [-0.4, -0.2) is 38.8 Å². The Morgan fingerprint density at radius 3 is 2.90 bits per heavy atom. The number of carbonyl (C=O) groups excluding carboxylic acids is 1. The number of likely N-dealkylation sites (tertiary alicyclic amines) is 1. The van der Waals surface area contributed by atoms with Crippen molar-refractivity contribution in [1.82, 2.24) is 19.3 Å². The van der Waals surface area contributed by atoms with Crippen molar-refractivity contribution < 1.29 is 9.18 Å². The highest BCUT2D eigenvalue weighted by Crippen LogP contribution is 2.30. The second-order valence-electron chi connectivity index (χ2n) is 7.50. The minimum Gasteiger partial charge on any atom is -0.321 e. The lowest BCUT2D eigenvalue weighted by Crippen LogP contribution is -2.17. The number of nitrogens with zero attached hydrogens (tertiary/aromatic N) is 4. The third kappa shape index (κ3) is 3.48. The number of pyridine rings is 1. The molecule has 0 bridgehead atoms. The van der Waals surface area contributed by atoms with E-state index >= 15 is 0 Å². The number of anilines is 1. The predicted molar refractivity (Wildman–Crippen MR) is 115 cm³/mol. The van der Waals surface area contributed by atoms with E-state index in [2.05, 4.69) is 22.2 Å². The maximum atomic E-state index is 14.6. The van der Waals surface area contributed by atoms with Gasteiger partial charge in [0.2, 0.25) is 0 Å². The molecule has 30 heavy (non-hydrogen) atoms. The standard InChI is InChI=1S/C22H20FN5OS/c1-27-8-2-3-19(27)18-12-28-11-15(5-7-21(28)26-18)25-22(29)16-6-4-14(9-17(16)23)20-10-24-13-30-20/h4-7,9-13,19H,2-3,8H2,1H3,(H,25,29)/t19-/m0/s1. The van der Waals surface area contributed by atoms with E-state index < -0.39 is 11.7 Å². The lowest BCUT2D eigenvalue weighted by Gasteiger charge is -2.16. The van der Waals surface area contributed by atoms with E-state index in [0.717, 1.165) is 29.2 Å². The molecule has 4 heterocycles. The highest BCUT2D eigenvalue weighted by Gasteiger charge is 2.25. The van der Waals surface area contributed by atoms with Gasteiger partial charge < -0.3 is 9.72 Å². The number of halogens is 1. The summed E-state index contributed by atoms with van der Waals surface area (Å²) >= 11 is 1.42. The van der Waals surface area contributed by atoms with Crippen molar-refractivity contribution in [1.29, 1.82) is 0 Å². The Morgan fingerprint density at radius 1 is 1.27 bits per heavy atom. The normalized spacial score (nSPS) is 16.9. The number of amides is 1. The van der Waals surface area contributed by atoms with Crippen LogP contribution in [0.4, 0.5) is 10.1 Å². The van der Waals surface area contributed by atoms with Crippen LogP contribution in [0.5, 0.6) is 0 Å². The predicted octanol–water partition coefficient (Wildman–Crippen LogP) is 4.62. The number of hydrogen-bond acceptors (Lipinski definition) is 5. The molecule has 1 aromatic carbocycles. The van der Waals surface area contributed by atoms with E-state index in [-0.39, 0.29) is 5.56 Å². The smallest absolute Gasteiger partial charge is 0.258 e. The first kappa shape index (κ1) is 18.9. The molecule has 5 rings (SSSR count). The van der Waals surface area contributed by atoms with Crippen molar-refractivity contribution in [2.45, 2.75) is 18.9 Å². The molecule has 1 fully saturated rings. The first-order valence-electron chi connectivity index (χ1n) is 9.77. The number of carbonyl (C=O) groups is 1. The quantitative estimate of drug-likeness (QED) is 0.522. The summed E-state index contributed by atoms with van der Waals surface area (Å²) in [6.07, 6.45) is 7.76. The summed E-state index contributed by atoms with van der Waals surface area (Å²) in [7, 11) is 2.11. The van der Waals surface area contributed by atoms with Crippen molar-refractivity contribution in [2.24, 2.45) is 0 Å². The summed E-state index contributed by atoms with van der Waals surface area (Å²) in [5.74, 6) is -1.05. The Morgan fingerprint density at radius 2 is 2.17 bits per heavy atom. The number of imidazole rings is 1. The number of benzene rings is 1. The summed E-state index contributed by atoms with van der Waals surface area (Å²) in [5, 5.41) is 2.79. The van der Waals surface area contributed by atoms with E-state index in [1.807, 2.05) is 22.9 Å². The van der Waals surface area contributed by atoms with Crippen LogP contribution in [0.25, 0.3) is 16.1 Å². The molecule has 0 unspecified atom stereocenters. The Kier molecular flexibility index (Phi) is 4.80. The van der Waals surface area contributed by atoms with Gasteiger partial charge in [-0.25, -0.2) is 9.37 Å². The van der Waals surface area contributed by atoms with E-state index in [0.29, 0.717) is 17.3 Å². The van der Waals surface area contributed by atoms with Crippen LogP contribution in [0.3, 0.4) is 0 Å². The second kappa shape index (κ2) is 7.62. The SMILES string of the molecule is CN1CCC[C@H]1c1cn2cc(NC(=O)c3ccc(-c4cncs4)cc3F)ccc2n1. The zero-order valence-corrected chi connectivity index (χ0v) is 17.2. The Bertz CT molecular complexity index is 1220. The van der Waals surface area contributed by atoms with Gasteiger partial charge in [0.1, 0.15) is 11.5 Å². The fourth-order valence-electron chi connectivity index (χ4n) is 3.94. The number of nitrogens with one attached hydrogen (secondary N) is 1. The molecule has 0 saturated carbocycles. The van der Waals surface area contributed by atoms with Crippen molar-refractivity contribution >= 4 is 28.6 Å². The van der Waals surface area contributed by atoms with Crippen LogP contribution in [0.15, 0.2) is 54.4 Å². The van der Waals surface area contributed by atoms with Gasteiger partial charge in [0.25, 0.3) is 5.91 Å². The number of aromatic nitrogens is 3. The number of fused-ring (bicyclic) bond motifs is 1. The molecule has 4 aromatic rings. The van der Waals surface area contributed by atoms with Gasteiger partial charge in [0.15, 0.2) is 0 Å². The largest absolute Gasteiger partial charge is 0.321 e. The maximum Gasteiger partial charge on any atom is 0.258 e. The van der Waals surface area contributed by atoms with Crippen LogP contribution in [-0.2, 0) is 0 Å². The fourth-order valence-corrected chi connectivity index (χ4v) is 4.56. The average molecular weight is 422 g/mol. The monoisotopic (exact) mass is 421 g/mol. The molecule has 6 nitrogen and oxygen atoms in total. The number of hydrogen-bond donors (Lipinski definition) is 1. The Labute approximate surface area is 177 Å². The summed E-state index contributed by atoms with van der Waals surface area (Å²) in [4.78, 5) is 24.5. The van der Waals surface area contributed by atoms with Crippen LogP contribution in [0.2, 0.25) is 0 Å². The molecule has 1 aliphatic rings. The average Bonchev–Trinajstić information content (AvgIpc) is 3.47. The molecule has 1 saturated heterocycles. The third-order valence-electron chi connectivity index (χ3n) is 5.52. The molecule has 0 spiro atoms. The summed E-state index contributed by atoms with van der Waals surface area (Å²) in [5.41, 5.74) is 4.84. The van der Waals surface area contributed by atoms with Crippen LogP contribution in [0.1, 0.15) is 34.9 Å².